The van der Waals surface area contributed by atoms with E-state index in [1.807, 2.05) is 0 Å². The van der Waals surface area contributed by atoms with Crippen molar-refractivity contribution in [3.05, 3.63) is 64.8 Å². The SMILES string of the molecule is COC(=O)[C@H]1C[C@@H](C(=O)NCc2c(F)ccc(Cl)c2F)N(C(=O)Nc2cn(C(N)=O)c3ccccc23)C1. The quantitative estimate of drug-likeness (QED) is 0.342. The van der Waals surface area contributed by atoms with Gasteiger partial charge in [-0.05, 0) is 24.6 Å². The molecule has 1 fully saturated rings. The van der Waals surface area contributed by atoms with Crippen LogP contribution in [0.15, 0.2) is 42.6 Å². The number of urea groups is 1. The first-order valence-corrected chi connectivity index (χ1v) is 11.5. The first kappa shape index (κ1) is 25.9. The Kier molecular flexibility index (Phi) is 7.30. The Morgan fingerprint density at radius 3 is 2.59 bits per heavy atom. The van der Waals surface area contributed by atoms with E-state index in [0.29, 0.717) is 10.9 Å². The number of amides is 4. The molecule has 0 spiro atoms. The molecule has 3 aromatic rings. The number of rotatable bonds is 5. The van der Waals surface area contributed by atoms with Crippen LogP contribution in [0.25, 0.3) is 10.9 Å². The Bertz CT molecular complexity index is 1410. The number of carbonyl (C=O) groups excluding carboxylic acids is 4. The van der Waals surface area contributed by atoms with Crippen molar-refractivity contribution < 1.29 is 32.7 Å². The molecule has 0 radical (unpaired) electrons. The molecule has 0 unspecified atom stereocenters. The number of nitrogens with zero attached hydrogens (tertiary/aromatic N) is 2. The minimum absolute atomic E-state index is 0.0739. The maximum absolute atomic E-state index is 14.2. The number of aromatic nitrogens is 1. The van der Waals surface area contributed by atoms with Gasteiger partial charge in [0.1, 0.15) is 17.7 Å². The highest BCUT2D eigenvalue weighted by Crippen LogP contribution is 2.29. The summed E-state index contributed by atoms with van der Waals surface area (Å²) in [5, 5.41) is 5.27. The van der Waals surface area contributed by atoms with Gasteiger partial charge < -0.3 is 26.0 Å². The number of likely N-dealkylation sites (tertiary alicyclic amines) is 1. The molecule has 37 heavy (non-hydrogen) atoms. The van der Waals surface area contributed by atoms with Crippen molar-refractivity contribution in [3.63, 3.8) is 0 Å². The lowest BCUT2D eigenvalue weighted by Gasteiger charge is -2.24. The molecule has 4 N–H and O–H groups in total. The molecule has 4 rings (SSSR count). The van der Waals surface area contributed by atoms with Crippen molar-refractivity contribution in [2.45, 2.75) is 19.0 Å². The number of fused-ring (bicyclic) bond motifs is 1. The van der Waals surface area contributed by atoms with E-state index in [1.165, 1.54) is 13.3 Å². The van der Waals surface area contributed by atoms with Crippen LogP contribution in [0, 0.1) is 17.6 Å². The Balaban J connectivity index is 1.57. The highest BCUT2D eigenvalue weighted by Gasteiger charge is 2.43. The number of anilines is 1. The number of hydrogen-bond acceptors (Lipinski definition) is 5. The minimum Gasteiger partial charge on any atom is -0.469 e. The third kappa shape index (κ3) is 5.05. The van der Waals surface area contributed by atoms with Crippen molar-refractivity contribution in [1.29, 1.82) is 0 Å². The predicted octanol–water partition coefficient (Wildman–Crippen LogP) is 3.21. The third-order valence-corrected chi connectivity index (χ3v) is 6.46. The average molecular weight is 534 g/mol. The van der Waals surface area contributed by atoms with Gasteiger partial charge in [0, 0.05) is 30.2 Å². The summed E-state index contributed by atoms with van der Waals surface area (Å²) in [7, 11) is 1.18. The molecule has 0 saturated carbocycles. The van der Waals surface area contributed by atoms with Gasteiger partial charge in [-0.2, -0.15) is 0 Å². The number of esters is 1. The van der Waals surface area contributed by atoms with Crippen LogP contribution < -0.4 is 16.4 Å². The number of methoxy groups -OCH3 is 1. The number of para-hydroxylation sites is 1. The zero-order chi connectivity index (χ0) is 26.9. The van der Waals surface area contributed by atoms with Crippen LogP contribution in [0.1, 0.15) is 12.0 Å². The van der Waals surface area contributed by atoms with E-state index >= 15 is 0 Å². The Labute approximate surface area is 214 Å². The van der Waals surface area contributed by atoms with Crippen LogP contribution in [-0.4, -0.2) is 53.1 Å². The summed E-state index contributed by atoms with van der Waals surface area (Å²) in [6, 6.07) is 6.08. The van der Waals surface area contributed by atoms with E-state index in [-0.39, 0.29) is 23.7 Å². The van der Waals surface area contributed by atoms with Crippen molar-refractivity contribution in [2.24, 2.45) is 11.7 Å². The highest BCUT2D eigenvalue weighted by molar-refractivity contribution is 6.30. The lowest BCUT2D eigenvalue weighted by molar-refractivity contribution is -0.144. The smallest absolute Gasteiger partial charge is 0.323 e. The number of nitrogens with one attached hydrogen (secondary N) is 2. The van der Waals surface area contributed by atoms with E-state index in [2.05, 4.69) is 10.6 Å². The van der Waals surface area contributed by atoms with Gasteiger partial charge in [0.25, 0.3) is 0 Å². The molecule has 0 bridgehead atoms. The zero-order valence-corrected chi connectivity index (χ0v) is 20.2. The summed E-state index contributed by atoms with van der Waals surface area (Å²) < 4.78 is 34.3. The number of halogens is 3. The van der Waals surface area contributed by atoms with Crippen LogP contribution in [-0.2, 0) is 20.9 Å². The number of nitrogens with two attached hydrogens (primary N) is 1. The van der Waals surface area contributed by atoms with Crippen molar-refractivity contribution in [3.8, 4) is 0 Å². The Hall–Kier alpha value is -4.19. The minimum atomic E-state index is -1.15. The Morgan fingerprint density at radius 1 is 1.16 bits per heavy atom. The fraction of sp³-hybridized carbons (Fsp3) is 0.250. The van der Waals surface area contributed by atoms with Crippen LogP contribution in [0.3, 0.4) is 0 Å². The molecule has 1 aromatic heterocycles. The standard InChI is InChI=1S/C24H22ClF2N5O5/c1-37-22(34)12-8-19(21(33)29-9-14-16(26)7-6-15(25)20(14)27)32(10-12)24(36)30-17-11-31(23(28)35)18-5-3-2-4-13(17)18/h2-7,11-12,19H,8-10H2,1H3,(H2,28,35)(H,29,33)(H,30,36)/t12-,19-/m0/s1. The molecular weight excluding hydrogens is 512 g/mol. The van der Waals surface area contributed by atoms with Gasteiger partial charge in [-0.1, -0.05) is 29.8 Å². The van der Waals surface area contributed by atoms with E-state index in [4.69, 9.17) is 22.1 Å². The molecular formula is C24H22ClF2N5O5. The molecule has 194 valence electrons. The second-order valence-corrected chi connectivity index (χ2v) is 8.77. The number of ether oxygens (including phenoxy) is 1. The third-order valence-electron chi connectivity index (χ3n) is 6.17. The van der Waals surface area contributed by atoms with Gasteiger partial charge >= 0.3 is 18.0 Å². The number of benzene rings is 2. The number of primary amides is 1. The molecule has 2 heterocycles. The van der Waals surface area contributed by atoms with Gasteiger partial charge in [-0.3, -0.25) is 14.2 Å². The highest BCUT2D eigenvalue weighted by atomic mass is 35.5. The van der Waals surface area contributed by atoms with Gasteiger partial charge in [0.05, 0.1) is 29.3 Å². The lowest BCUT2D eigenvalue weighted by Crippen LogP contribution is -2.47. The van der Waals surface area contributed by atoms with Crippen molar-refractivity contribution >= 4 is 52.1 Å². The predicted molar refractivity (Wildman–Crippen MR) is 130 cm³/mol. The second-order valence-electron chi connectivity index (χ2n) is 8.36. The molecule has 10 nitrogen and oxygen atoms in total. The summed E-state index contributed by atoms with van der Waals surface area (Å²) in [6.45, 7) is -0.678. The second kappa shape index (κ2) is 10.4. The summed E-state index contributed by atoms with van der Waals surface area (Å²) in [6.07, 6.45) is 1.27. The molecule has 1 aliphatic rings. The molecule has 2 aromatic carbocycles. The molecule has 4 amide bonds. The van der Waals surface area contributed by atoms with Gasteiger partial charge in [-0.15, -0.1) is 0 Å². The molecule has 1 saturated heterocycles. The van der Waals surface area contributed by atoms with E-state index in [0.717, 1.165) is 21.6 Å². The Morgan fingerprint density at radius 2 is 1.89 bits per heavy atom. The molecule has 2 atom stereocenters. The average Bonchev–Trinajstić information content (AvgIpc) is 3.49. The number of hydrogen-bond donors (Lipinski definition) is 3. The first-order chi connectivity index (χ1) is 17.6. The van der Waals surface area contributed by atoms with E-state index in [9.17, 15) is 28.0 Å². The summed E-state index contributed by atoms with van der Waals surface area (Å²) in [5.74, 6) is -4.08. The van der Waals surface area contributed by atoms with Crippen molar-refractivity contribution in [2.75, 3.05) is 19.0 Å². The largest absolute Gasteiger partial charge is 0.469 e. The topological polar surface area (TPSA) is 136 Å². The zero-order valence-electron chi connectivity index (χ0n) is 19.5. The molecule has 13 heteroatoms. The number of carbonyl (C=O) groups is 4. The van der Waals surface area contributed by atoms with Crippen LogP contribution >= 0.6 is 11.6 Å². The fourth-order valence-corrected chi connectivity index (χ4v) is 4.50. The maximum atomic E-state index is 14.2. The van der Waals surface area contributed by atoms with Crippen LogP contribution in [0.4, 0.5) is 24.1 Å². The van der Waals surface area contributed by atoms with Gasteiger partial charge in [0.15, 0.2) is 0 Å². The first-order valence-electron chi connectivity index (χ1n) is 11.1. The monoisotopic (exact) mass is 533 g/mol. The maximum Gasteiger partial charge on any atom is 0.323 e. The molecule has 0 aliphatic carbocycles. The van der Waals surface area contributed by atoms with Crippen LogP contribution in [0.5, 0.6) is 0 Å². The van der Waals surface area contributed by atoms with Crippen LogP contribution in [0.2, 0.25) is 5.02 Å². The van der Waals surface area contributed by atoms with Gasteiger partial charge in [-0.25, -0.2) is 18.4 Å². The van der Waals surface area contributed by atoms with E-state index < -0.39 is 59.6 Å². The normalized spacial score (nSPS) is 17.0. The van der Waals surface area contributed by atoms with Crippen molar-refractivity contribution in [1.82, 2.24) is 14.8 Å². The van der Waals surface area contributed by atoms with E-state index in [1.54, 1.807) is 24.3 Å². The summed E-state index contributed by atoms with van der Waals surface area (Å²) in [5.41, 5.74) is 5.69. The molecule has 1 aliphatic heterocycles. The summed E-state index contributed by atoms with van der Waals surface area (Å²) >= 11 is 5.71. The summed E-state index contributed by atoms with van der Waals surface area (Å²) in [4.78, 5) is 51.4. The van der Waals surface area contributed by atoms with Gasteiger partial charge in [0.2, 0.25) is 5.91 Å². The lowest BCUT2D eigenvalue weighted by atomic mass is 10.1. The fourth-order valence-electron chi connectivity index (χ4n) is 4.32.